The average molecular weight is 662 g/mol. The lowest BCUT2D eigenvalue weighted by Gasteiger charge is -2.41. The molecule has 0 unspecified atom stereocenters. The van der Waals surface area contributed by atoms with Crippen molar-refractivity contribution in [2.45, 2.75) is 25.4 Å². The van der Waals surface area contributed by atoms with E-state index in [1.54, 1.807) is 12.1 Å². The summed E-state index contributed by atoms with van der Waals surface area (Å²) < 4.78 is 62.1. The summed E-state index contributed by atoms with van der Waals surface area (Å²) >= 11 is 12.4. The van der Waals surface area contributed by atoms with E-state index in [4.69, 9.17) is 23.2 Å². The van der Waals surface area contributed by atoms with Gasteiger partial charge in [-0.25, -0.2) is 19.1 Å². The van der Waals surface area contributed by atoms with Gasteiger partial charge in [0.25, 0.3) is 5.91 Å². The van der Waals surface area contributed by atoms with E-state index in [9.17, 15) is 37.0 Å². The summed E-state index contributed by atoms with van der Waals surface area (Å²) in [4.78, 5) is 32.2. The summed E-state index contributed by atoms with van der Waals surface area (Å²) in [5.74, 6) is -0.406. The highest BCUT2D eigenvalue weighted by Gasteiger charge is 2.39. The van der Waals surface area contributed by atoms with E-state index in [1.807, 2.05) is 0 Å². The molecule has 0 radical (unpaired) electrons. The Kier molecular flexibility index (Phi) is 8.61. The van der Waals surface area contributed by atoms with Gasteiger partial charge in [0.15, 0.2) is 17.8 Å². The summed E-state index contributed by atoms with van der Waals surface area (Å²) in [7, 11) is -2.73. The third-order valence-corrected chi connectivity index (χ3v) is 8.93. The van der Waals surface area contributed by atoms with Crippen LogP contribution in [0.2, 0.25) is 10.0 Å². The number of aliphatic hydroxyl groups is 1. The van der Waals surface area contributed by atoms with Crippen molar-refractivity contribution in [2.24, 2.45) is 0 Å². The number of carbonyl (C=O) groups excluding carboxylic acids is 1. The molecule has 0 aliphatic carbocycles. The second-order valence-electron chi connectivity index (χ2n) is 9.68. The van der Waals surface area contributed by atoms with Crippen LogP contribution >= 0.6 is 33.8 Å². The predicted molar refractivity (Wildman–Crippen MR) is 153 cm³/mol. The fourth-order valence-corrected chi connectivity index (χ4v) is 6.05. The topological polar surface area (TPSA) is 152 Å². The third-order valence-electron chi connectivity index (χ3n) is 6.70. The molecule has 3 N–H and O–H groups in total. The minimum Gasteiger partial charge on any atom is -0.382 e. The van der Waals surface area contributed by atoms with Crippen LogP contribution in [0.1, 0.15) is 16.2 Å². The minimum atomic E-state index is -4.97. The highest BCUT2D eigenvalue weighted by atomic mass is 35.5. The number of hydrogen-bond acceptors (Lipinski definition) is 8. The van der Waals surface area contributed by atoms with Crippen LogP contribution in [-0.2, 0) is 13.1 Å². The Balaban J connectivity index is 1.46. The molecule has 1 atom stereocenters. The molecule has 2 aromatic heterocycles. The third kappa shape index (κ3) is 6.73. The van der Waals surface area contributed by atoms with Crippen LogP contribution < -0.4 is 5.69 Å². The van der Waals surface area contributed by atoms with Crippen molar-refractivity contribution in [2.75, 3.05) is 24.6 Å². The number of alkyl halides is 3. The summed E-state index contributed by atoms with van der Waals surface area (Å²) in [6.07, 6.45) is -6.54. The number of amides is 1. The van der Waals surface area contributed by atoms with Gasteiger partial charge in [0.1, 0.15) is 12.9 Å². The van der Waals surface area contributed by atoms with Crippen LogP contribution in [0, 0.1) is 0 Å². The molecule has 4 aromatic rings. The lowest BCUT2D eigenvalue weighted by Crippen LogP contribution is -2.42. The number of aliphatic hydroxyl groups excluding tert-OH is 1. The van der Waals surface area contributed by atoms with Crippen LogP contribution in [0.5, 0.6) is 0 Å². The van der Waals surface area contributed by atoms with Gasteiger partial charge >= 0.3 is 11.9 Å². The van der Waals surface area contributed by atoms with Crippen LogP contribution in [0.15, 0.2) is 53.6 Å². The number of hydrogen-bond donors (Lipinski definition) is 3. The molecule has 1 aliphatic heterocycles. The molecule has 0 saturated carbocycles. The Labute approximate surface area is 253 Å². The van der Waals surface area contributed by atoms with Gasteiger partial charge in [-0.1, -0.05) is 29.3 Å². The molecule has 1 saturated heterocycles. The molecule has 230 valence electrons. The molecule has 5 rings (SSSR count). The van der Waals surface area contributed by atoms with Gasteiger partial charge < -0.3 is 10.0 Å². The second-order valence-corrected chi connectivity index (χ2v) is 12.9. The quantitative estimate of drug-likeness (QED) is 0.271. The first-order chi connectivity index (χ1) is 20.2. The summed E-state index contributed by atoms with van der Waals surface area (Å²) in [5, 5.41) is 18.7. The van der Waals surface area contributed by atoms with E-state index >= 15 is 0 Å². The second kappa shape index (κ2) is 11.9. The van der Waals surface area contributed by atoms with Crippen LogP contribution in [0.3, 0.4) is 0 Å². The number of rotatable bonds is 7. The van der Waals surface area contributed by atoms with E-state index in [2.05, 4.69) is 15.2 Å². The molecule has 1 fully saturated rings. The highest BCUT2D eigenvalue weighted by Crippen LogP contribution is 2.40. The maximum atomic E-state index is 13.3. The van der Waals surface area contributed by atoms with E-state index in [-0.39, 0.29) is 64.6 Å². The molecule has 1 amide bonds. The molecule has 2 aromatic carbocycles. The molecule has 18 heteroatoms. The number of aromatic nitrogens is 6. The Hall–Kier alpha value is -3.41. The first-order valence-electron chi connectivity index (χ1n) is 12.6. The first-order valence-corrected chi connectivity index (χ1v) is 15.3. The lowest BCUT2D eigenvalue weighted by molar-refractivity contribution is -0.207. The Morgan fingerprint density at radius 1 is 1.05 bits per heavy atom. The van der Waals surface area contributed by atoms with Gasteiger partial charge in [-0.05, 0) is 36.4 Å². The number of para-hydroxylation sites is 1. The maximum Gasteiger partial charge on any atom is 0.416 e. The van der Waals surface area contributed by atoms with Gasteiger partial charge in [-0.2, -0.15) is 23.8 Å². The number of benzene rings is 2. The van der Waals surface area contributed by atoms with Gasteiger partial charge in [0.05, 0.1) is 34.3 Å². The average Bonchev–Trinajstić information content (AvgIpc) is 3.52. The number of halogens is 5. The zero-order valence-electron chi connectivity index (χ0n) is 22.0. The molecular formula is C25H24Cl2F3N7O5S. The van der Waals surface area contributed by atoms with Crippen molar-refractivity contribution < 1.29 is 32.2 Å². The molecular weight excluding hydrogens is 638 g/mol. The Bertz CT molecular complexity index is 1700. The van der Waals surface area contributed by atoms with E-state index in [0.29, 0.717) is 9.59 Å². The van der Waals surface area contributed by atoms with Crippen molar-refractivity contribution in [3.8, 4) is 17.1 Å². The van der Waals surface area contributed by atoms with Crippen LogP contribution in [0.25, 0.3) is 17.1 Å². The smallest absolute Gasteiger partial charge is 0.382 e. The standard InChI is InChI=1S/C25H24Cl2F3N7O5S/c26-16-6-4-15(5-7-16)22-33-36(24(40)35(22)12-19(38)25(28,29)30)13-20-31-14-37(32-20)21-17(2-1-3-18(21)27)23(39)34-8-10-43(41,42)11-9-34/h1-7,14,19,38,41-42H,8-13H2/t19-/m0/s1. The van der Waals surface area contributed by atoms with Crippen LogP contribution in [0.4, 0.5) is 13.2 Å². The molecule has 0 spiro atoms. The van der Waals surface area contributed by atoms with Gasteiger partial charge in [0.2, 0.25) is 0 Å². The van der Waals surface area contributed by atoms with Gasteiger partial charge in [-0.3, -0.25) is 18.5 Å². The first kappa shape index (κ1) is 31.0. The van der Waals surface area contributed by atoms with E-state index < -0.39 is 41.0 Å². The molecule has 1 aliphatic rings. The molecule has 0 bridgehead atoms. The molecule has 12 nitrogen and oxygen atoms in total. The summed E-state index contributed by atoms with van der Waals surface area (Å²) in [6, 6.07) is 10.6. The molecule has 3 heterocycles. The molecule has 43 heavy (non-hydrogen) atoms. The fraction of sp³-hybridized carbons (Fsp3) is 0.320. The van der Waals surface area contributed by atoms with E-state index in [1.165, 1.54) is 46.2 Å². The lowest BCUT2D eigenvalue weighted by atomic mass is 10.1. The summed E-state index contributed by atoms with van der Waals surface area (Å²) in [5.41, 5.74) is -0.298. The van der Waals surface area contributed by atoms with Crippen molar-refractivity contribution in [3.05, 3.63) is 80.7 Å². The predicted octanol–water partition coefficient (Wildman–Crippen LogP) is 3.78. The fourth-order valence-electron chi connectivity index (χ4n) is 4.43. The number of carbonyl (C=O) groups is 1. The van der Waals surface area contributed by atoms with E-state index in [0.717, 1.165) is 4.68 Å². The monoisotopic (exact) mass is 661 g/mol. The van der Waals surface area contributed by atoms with Crippen molar-refractivity contribution in [3.63, 3.8) is 0 Å². The van der Waals surface area contributed by atoms with Gasteiger partial charge in [-0.15, -0.1) is 10.2 Å². The normalized spacial score (nSPS) is 16.7. The zero-order chi connectivity index (χ0) is 31.1. The SMILES string of the molecule is O=C(c1cccc(Cl)c1-n1cnc(Cn2nc(-c3ccc(Cl)cc3)n(C[C@H](O)C(F)(F)F)c2=O)n1)N1CCS(O)(O)CC1. The summed E-state index contributed by atoms with van der Waals surface area (Å²) in [6.45, 7) is -1.18. The zero-order valence-corrected chi connectivity index (χ0v) is 24.4. The van der Waals surface area contributed by atoms with Crippen LogP contribution in [-0.4, -0.2) is 91.0 Å². The minimum absolute atomic E-state index is 0.0241. The van der Waals surface area contributed by atoms with Gasteiger partial charge in [0, 0.05) is 23.7 Å². The highest BCUT2D eigenvalue weighted by molar-refractivity contribution is 8.24. The largest absolute Gasteiger partial charge is 0.416 e. The Morgan fingerprint density at radius 2 is 1.72 bits per heavy atom. The maximum absolute atomic E-state index is 13.3. The van der Waals surface area contributed by atoms with Crippen molar-refractivity contribution >= 4 is 39.7 Å². The Morgan fingerprint density at radius 3 is 2.37 bits per heavy atom. The van der Waals surface area contributed by atoms with Crippen molar-refractivity contribution in [1.29, 1.82) is 0 Å². The number of nitrogens with zero attached hydrogens (tertiary/aromatic N) is 7. The van der Waals surface area contributed by atoms with Crippen molar-refractivity contribution in [1.82, 2.24) is 34.0 Å².